The predicted octanol–water partition coefficient (Wildman–Crippen LogP) is 0.996. The van der Waals surface area contributed by atoms with Crippen LogP contribution in [0.1, 0.15) is 41.9 Å². The molecule has 1 aromatic heterocycles. The number of likely N-dealkylation sites (N-methyl/N-ethyl adjacent to an activating group) is 1. The van der Waals surface area contributed by atoms with Crippen molar-refractivity contribution >= 4 is 11.6 Å². The van der Waals surface area contributed by atoms with Crippen LogP contribution in [0.3, 0.4) is 0 Å². The summed E-state index contributed by atoms with van der Waals surface area (Å²) in [4.78, 5) is 26.3. The number of aromatic nitrogens is 2. The summed E-state index contributed by atoms with van der Waals surface area (Å²) < 4.78 is 0. The molecule has 3 N–H and O–H groups in total. The van der Waals surface area contributed by atoms with E-state index in [1.807, 2.05) is 4.90 Å². The molecule has 1 atom stereocenters. The molecule has 1 aromatic carbocycles. The van der Waals surface area contributed by atoms with Crippen LogP contribution in [0.2, 0.25) is 0 Å². The molecule has 1 aliphatic carbocycles. The molecular formula is C24H34N6O3. The van der Waals surface area contributed by atoms with Gasteiger partial charge in [-0.05, 0) is 45.3 Å². The summed E-state index contributed by atoms with van der Waals surface area (Å²) in [5, 5.41) is 23.2. The van der Waals surface area contributed by atoms with Crippen molar-refractivity contribution in [3.05, 3.63) is 54.1 Å². The summed E-state index contributed by atoms with van der Waals surface area (Å²) in [5.74, 6) is -0.275. The lowest BCUT2D eigenvalue weighted by Gasteiger charge is -2.49. The molecule has 1 saturated heterocycles. The summed E-state index contributed by atoms with van der Waals surface area (Å²) in [6.07, 6.45) is 6.14. The highest BCUT2D eigenvalue weighted by Gasteiger charge is 2.50. The minimum atomic E-state index is -0.837. The quantitative estimate of drug-likeness (QED) is 0.594. The molecule has 2 fully saturated rings. The van der Waals surface area contributed by atoms with Crippen LogP contribution >= 0.6 is 0 Å². The second-order valence-electron chi connectivity index (χ2n) is 9.43. The Balaban J connectivity index is 1.46. The molecule has 1 unspecified atom stereocenters. The fourth-order valence-corrected chi connectivity index (χ4v) is 5.23. The van der Waals surface area contributed by atoms with E-state index in [1.165, 1.54) is 10.5 Å². The van der Waals surface area contributed by atoms with Crippen molar-refractivity contribution < 1.29 is 15.0 Å². The average Bonchev–Trinajstić information content (AvgIpc) is 3.15. The average molecular weight is 455 g/mol. The van der Waals surface area contributed by atoms with Crippen LogP contribution in [-0.2, 0) is 5.54 Å². The molecule has 4 rings (SSSR count). The second kappa shape index (κ2) is 9.34. The van der Waals surface area contributed by atoms with Gasteiger partial charge in [-0.3, -0.25) is 15.0 Å². The molecule has 2 heterocycles. The topological polar surface area (TPSA) is 105 Å². The van der Waals surface area contributed by atoms with Gasteiger partial charge in [-0.2, -0.15) is 0 Å². The van der Waals surface area contributed by atoms with Crippen LogP contribution in [-0.4, -0.2) is 88.6 Å². The first-order valence-corrected chi connectivity index (χ1v) is 11.4. The SMILES string of the molecule is CN(CCO)C(=O)c1ncc(N2C[C@]3(CC[C@](c4ccccc4)(N(C)C)CC3)NC2O)cn1. The van der Waals surface area contributed by atoms with Crippen molar-refractivity contribution in [2.45, 2.75) is 43.1 Å². The van der Waals surface area contributed by atoms with Crippen LogP contribution in [0.25, 0.3) is 0 Å². The first-order valence-electron chi connectivity index (χ1n) is 11.4. The normalized spacial score (nSPS) is 27.3. The summed E-state index contributed by atoms with van der Waals surface area (Å²) >= 11 is 0. The number of carbonyl (C=O) groups excluding carboxylic acids is 1. The Hall–Kier alpha value is -2.59. The van der Waals surface area contributed by atoms with Gasteiger partial charge in [0.05, 0.1) is 24.7 Å². The second-order valence-corrected chi connectivity index (χ2v) is 9.43. The van der Waals surface area contributed by atoms with E-state index >= 15 is 0 Å². The zero-order chi connectivity index (χ0) is 23.6. The van der Waals surface area contributed by atoms with Crippen LogP contribution in [0.5, 0.6) is 0 Å². The van der Waals surface area contributed by atoms with Gasteiger partial charge in [0, 0.05) is 31.2 Å². The Morgan fingerprint density at radius 3 is 2.33 bits per heavy atom. The lowest BCUT2D eigenvalue weighted by Crippen LogP contribution is -2.54. The zero-order valence-electron chi connectivity index (χ0n) is 19.6. The third-order valence-corrected chi connectivity index (χ3v) is 7.35. The summed E-state index contributed by atoms with van der Waals surface area (Å²) in [6.45, 7) is 0.750. The van der Waals surface area contributed by atoms with E-state index < -0.39 is 6.35 Å². The molecule has 2 aliphatic rings. The third-order valence-electron chi connectivity index (χ3n) is 7.35. The number of hydrogen-bond donors (Lipinski definition) is 3. The number of aliphatic hydroxyl groups excluding tert-OH is 2. The van der Waals surface area contributed by atoms with Crippen LogP contribution < -0.4 is 10.2 Å². The monoisotopic (exact) mass is 454 g/mol. The Bertz CT molecular complexity index is 944. The standard InChI is InChI=1S/C24H34N6O3/c1-28(2)24(18-7-5-4-6-8-18)11-9-23(10-12-24)17-30(22(33)27-23)19-15-25-20(26-16-19)21(32)29(3)13-14-31/h4-8,15-16,22,27,31,33H,9-14,17H2,1-3H3/t22?,23-,24+. The Morgan fingerprint density at radius 1 is 1.12 bits per heavy atom. The maximum absolute atomic E-state index is 12.3. The number of anilines is 1. The Labute approximate surface area is 195 Å². The summed E-state index contributed by atoms with van der Waals surface area (Å²) in [5.41, 5.74) is 1.79. The molecule has 9 nitrogen and oxygen atoms in total. The molecule has 2 aromatic rings. The van der Waals surface area contributed by atoms with Gasteiger partial charge in [0.1, 0.15) is 0 Å². The molecule has 1 spiro atoms. The van der Waals surface area contributed by atoms with Crippen molar-refractivity contribution in [3.63, 3.8) is 0 Å². The van der Waals surface area contributed by atoms with E-state index in [1.54, 1.807) is 19.4 Å². The molecule has 0 radical (unpaired) electrons. The van der Waals surface area contributed by atoms with Gasteiger partial charge in [-0.25, -0.2) is 9.97 Å². The third kappa shape index (κ3) is 4.46. The number of nitrogens with zero attached hydrogens (tertiary/aromatic N) is 5. The largest absolute Gasteiger partial charge is 0.395 e. The maximum atomic E-state index is 12.3. The minimum Gasteiger partial charge on any atom is -0.395 e. The van der Waals surface area contributed by atoms with E-state index in [2.05, 4.69) is 64.6 Å². The number of aliphatic hydroxyl groups is 2. The van der Waals surface area contributed by atoms with Gasteiger partial charge in [0.2, 0.25) is 5.82 Å². The van der Waals surface area contributed by atoms with Crippen molar-refractivity contribution in [1.29, 1.82) is 0 Å². The number of nitrogens with one attached hydrogen (secondary N) is 1. The smallest absolute Gasteiger partial charge is 0.291 e. The van der Waals surface area contributed by atoms with Crippen LogP contribution in [0.4, 0.5) is 5.69 Å². The number of amides is 1. The van der Waals surface area contributed by atoms with Crippen molar-refractivity contribution in [3.8, 4) is 0 Å². The maximum Gasteiger partial charge on any atom is 0.291 e. The van der Waals surface area contributed by atoms with E-state index in [0.29, 0.717) is 12.2 Å². The highest BCUT2D eigenvalue weighted by atomic mass is 16.3. The molecule has 1 aliphatic heterocycles. The first-order chi connectivity index (χ1) is 15.8. The van der Waals surface area contributed by atoms with Crippen LogP contribution in [0.15, 0.2) is 42.7 Å². The van der Waals surface area contributed by atoms with E-state index in [4.69, 9.17) is 5.11 Å². The number of benzene rings is 1. The van der Waals surface area contributed by atoms with Gasteiger partial charge < -0.3 is 20.0 Å². The van der Waals surface area contributed by atoms with Crippen molar-refractivity contribution in [1.82, 2.24) is 25.1 Å². The van der Waals surface area contributed by atoms with Gasteiger partial charge in [-0.1, -0.05) is 30.3 Å². The molecule has 0 bridgehead atoms. The molecule has 33 heavy (non-hydrogen) atoms. The molecule has 178 valence electrons. The van der Waals surface area contributed by atoms with Gasteiger partial charge in [0.25, 0.3) is 5.91 Å². The minimum absolute atomic E-state index is 0.0156. The van der Waals surface area contributed by atoms with E-state index in [9.17, 15) is 9.90 Å². The predicted molar refractivity (Wildman–Crippen MR) is 126 cm³/mol. The van der Waals surface area contributed by atoms with Gasteiger partial charge in [0.15, 0.2) is 6.35 Å². The fraction of sp³-hybridized carbons (Fsp3) is 0.542. The fourth-order valence-electron chi connectivity index (χ4n) is 5.23. The molecule has 1 amide bonds. The van der Waals surface area contributed by atoms with Crippen molar-refractivity contribution in [2.75, 3.05) is 45.7 Å². The lowest BCUT2D eigenvalue weighted by molar-refractivity contribution is 0.0513. The highest BCUT2D eigenvalue weighted by Crippen LogP contribution is 2.46. The lowest BCUT2D eigenvalue weighted by atomic mass is 9.69. The van der Waals surface area contributed by atoms with Crippen LogP contribution in [0, 0.1) is 0 Å². The molecular weight excluding hydrogens is 420 g/mol. The number of hydrogen-bond acceptors (Lipinski definition) is 8. The first kappa shape index (κ1) is 23.6. The Kier molecular flexibility index (Phi) is 6.67. The summed E-state index contributed by atoms with van der Waals surface area (Å²) in [7, 11) is 5.89. The Morgan fingerprint density at radius 2 is 1.76 bits per heavy atom. The zero-order valence-corrected chi connectivity index (χ0v) is 19.6. The number of rotatable bonds is 6. The number of carbonyl (C=O) groups is 1. The van der Waals surface area contributed by atoms with Gasteiger partial charge in [-0.15, -0.1) is 0 Å². The summed E-state index contributed by atoms with van der Waals surface area (Å²) in [6, 6.07) is 10.7. The van der Waals surface area contributed by atoms with E-state index in [-0.39, 0.29) is 36.0 Å². The molecule has 9 heteroatoms. The van der Waals surface area contributed by atoms with Gasteiger partial charge >= 0.3 is 0 Å². The highest BCUT2D eigenvalue weighted by molar-refractivity contribution is 5.90. The van der Waals surface area contributed by atoms with Crippen molar-refractivity contribution in [2.24, 2.45) is 0 Å². The molecule has 1 saturated carbocycles. The van der Waals surface area contributed by atoms with E-state index in [0.717, 1.165) is 25.7 Å².